The second kappa shape index (κ2) is 4.79. The van der Waals surface area contributed by atoms with Gasteiger partial charge < -0.3 is 10.3 Å². The van der Waals surface area contributed by atoms with E-state index in [0.29, 0.717) is 12.6 Å². The summed E-state index contributed by atoms with van der Waals surface area (Å²) in [4.78, 5) is 4.20. The Hall–Kier alpha value is -0.830. The van der Waals surface area contributed by atoms with Gasteiger partial charge in [-0.25, -0.2) is 4.98 Å². The molecule has 1 aliphatic carbocycles. The fourth-order valence-electron chi connectivity index (χ4n) is 2.56. The minimum atomic E-state index is 0.603. The number of hydrogen-bond donors (Lipinski definition) is 1. The second-order valence-corrected chi connectivity index (χ2v) is 4.76. The van der Waals surface area contributed by atoms with Crippen LogP contribution >= 0.6 is 0 Å². The van der Waals surface area contributed by atoms with Crippen molar-refractivity contribution >= 4 is 0 Å². The van der Waals surface area contributed by atoms with Gasteiger partial charge in [-0.05, 0) is 25.2 Å². The summed E-state index contributed by atoms with van der Waals surface area (Å²) in [6.45, 7) is 2.96. The summed E-state index contributed by atoms with van der Waals surface area (Å²) in [5.74, 6) is 0.889. The molecule has 0 bridgehead atoms. The lowest BCUT2D eigenvalue weighted by Gasteiger charge is -2.18. The van der Waals surface area contributed by atoms with E-state index in [2.05, 4.69) is 16.5 Å². The number of imidazole rings is 1. The van der Waals surface area contributed by atoms with Crippen LogP contribution in [-0.4, -0.2) is 9.55 Å². The smallest absolute Gasteiger partial charge is 0.0951 e. The molecule has 0 spiro atoms. The Balaban J connectivity index is 2.09. The van der Waals surface area contributed by atoms with Gasteiger partial charge in [0.2, 0.25) is 0 Å². The van der Waals surface area contributed by atoms with Crippen LogP contribution < -0.4 is 5.73 Å². The summed E-state index contributed by atoms with van der Waals surface area (Å²) in [7, 11) is 0. The zero-order valence-corrected chi connectivity index (χ0v) is 9.52. The van der Waals surface area contributed by atoms with Crippen LogP contribution in [0.2, 0.25) is 0 Å². The maximum atomic E-state index is 5.71. The molecule has 0 radical (unpaired) electrons. The van der Waals surface area contributed by atoms with Gasteiger partial charge in [-0.2, -0.15) is 0 Å². The van der Waals surface area contributed by atoms with Crippen LogP contribution in [0, 0.1) is 5.92 Å². The molecular weight excluding hydrogens is 186 g/mol. The van der Waals surface area contributed by atoms with Gasteiger partial charge in [0.05, 0.1) is 12.0 Å². The van der Waals surface area contributed by atoms with Crippen LogP contribution in [0.15, 0.2) is 12.5 Å². The first-order chi connectivity index (χ1) is 7.31. The van der Waals surface area contributed by atoms with Crippen LogP contribution in [0.1, 0.15) is 50.8 Å². The molecule has 0 amide bonds. The molecule has 1 heterocycles. The molecule has 0 aliphatic heterocycles. The predicted octanol–water partition coefficient (Wildman–Crippen LogP) is 2.48. The molecule has 2 atom stereocenters. The third-order valence-corrected chi connectivity index (χ3v) is 3.58. The molecule has 1 aromatic heterocycles. The molecule has 0 aromatic carbocycles. The molecule has 84 valence electrons. The molecule has 0 saturated heterocycles. The first-order valence-electron chi connectivity index (χ1n) is 6.02. The minimum Gasteiger partial charge on any atom is -0.330 e. The van der Waals surface area contributed by atoms with Crippen LogP contribution in [0.25, 0.3) is 0 Å². The number of hydrogen-bond acceptors (Lipinski definition) is 2. The van der Waals surface area contributed by atoms with Crippen LogP contribution in [0.4, 0.5) is 0 Å². The van der Waals surface area contributed by atoms with E-state index in [9.17, 15) is 0 Å². The highest BCUT2D eigenvalue weighted by Crippen LogP contribution is 2.30. The van der Waals surface area contributed by atoms with Crippen molar-refractivity contribution in [2.75, 3.05) is 0 Å². The highest BCUT2D eigenvalue weighted by Gasteiger charge is 2.18. The molecule has 1 saturated carbocycles. The monoisotopic (exact) mass is 207 g/mol. The van der Waals surface area contributed by atoms with Gasteiger partial charge in [-0.1, -0.05) is 19.8 Å². The Morgan fingerprint density at radius 1 is 1.40 bits per heavy atom. The SMILES string of the molecule is CC1CCCC(n2cncc2CN)CC1. The number of nitrogens with zero attached hydrogens (tertiary/aromatic N) is 2. The average molecular weight is 207 g/mol. The zero-order chi connectivity index (χ0) is 10.7. The van der Waals surface area contributed by atoms with Gasteiger partial charge in [0.15, 0.2) is 0 Å². The molecule has 3 nitrogen and oxygen atoms in total. The number of aromatic nitrogens is 2. The summed E-state index contributed by atoms with van der Waals surface area (Å²) < 4.78 is 2.29. The molecule has 3 heteroatoms. The molecule has 1 fully saturated rings. The first kappa shape index (κ1) is 10.7. The van der Waals surface area contributed by atoms with Crippen molar-refractivity contribution in [3.8, 4) is 0 Å². The lowest BCUT2D eigenvalue weighted by Crippen LogP contribution is -2.13. The molecular formula is C12H21N3. The maximum absolute atomic E-state index is 5.71. The zero-order valence-electron chi connectivity index (χ0n) is 9.52. The van der Waals surface area contributed by atoms with Crippen molar-refractivity contribution in [1.29, 1.82) is 0 Å². The van der Waals surface area contributed by atoms with E-state index in [1.54, 1.807) is 0 Å². The average Bonchev–Trinajstić information content (AvgIpc) is 2.61. The highest BCUT2D eigenvalue weighted by molar-refractivity contribution is 4.99. The molecule has 2 rings (SSSR count). The van der Waals surface area contributed by atoms with Crippen LogP contribution in [0.3, 0.4) is 0 Å². The van der Waals surface area contributed by atoms with Gasteiger partial charge in [0.1, 0.15) is 0 Å². The predicted molar refractivity (Wildman–Crippen MR) is 61.4 cm³/mol. The van der Waals surface area contributed by atoms with Crippen LogP contribution in [-0.2, 0) is 6.54 Å². The molecule has 2 N–H and O–H groups in total. The molecule has 2 unspecified atom stereocenters. The van der Waals surface area contributed by atoms with E-state index in [-0.39, 0.29) is 0 Å². The summed E-state index contributed by atoms with van der Waals surface area (Å²) in [6, 6.07) is 0.635. The summed E-state index contributed by atoms with van der Waals surface area (Å²) in [5, 5.41) is 0. The van der Waals surface area contributed by atoms with Crippen molar-refractivity contribution in [3.63, 3.8) is 0 Å². The van der Waals surface area contributed by atoms with E-state index in [1.165, 1.54) is 37.8 Å². The normalized spacial score (nSPS) is 27.6. The molecule has 15 heavy (non-hydrogen) atoms. The van der Waals surface area contributed by atoms with Gasteiger partial charge in [0, 0.05) is 18.8 Å². The Bertz CT molecular complexity index is 306. The Labute approximate surface area is 91.7 Å². The summed E-state index contributed by atoms with van der Waals surface area (Å²) >= 11 is 0. The van der Waals surface area contributed by atoms with E-state index >= 15 is 0 Å². The van der Waals surface area contributed by atoms with E-state index in [4.69, 9.17) is 5.73 Å². The maximum Gasteiger partial charge on any atom is 0.0951 e. The van der Waals surface area contributed by atoms with E-state index in [1.807, 2.05) is 12.5 Å². The Morgan fingerprint density at radius 2 is 2.27 bits per heavy atom. The lowest BCUT2D eigenvalue weighted by atomic mass is 10.0. The van der Waals surface area contributed by atoms with Gasteiger partial charge in [-0.15, -0.1) is 0 Å². The van der Waals surface area contributed by atoms with Gasteiger partial charge in [-0.3, -0.25) is 0 Å². The highest BCUT2D eigenvalue weighted by atomic mass is 15.1. The van der Waals surface area contributed by atoms with Crippen molar-refractivity contribution in [1.82, 2.24) is 9.55 Å². The molecule has 1 aliphatic rings. The summed E-state index contributed by atoms with van der Waals surface area (Å²) in [6.07, 6.45) is 10.5. The van der Waals surface area contributed by atoms with E-state index < -0.39 is 0 Å². The van der Waals surface area contributed by atoms with Crippen LogP contribution in [0.5, 0.6) is 0 Å². The summed E-state index contributed by atoms with van der Waals surface area (Å²) in [5.41, 5.74) is 6.88. The van der Waals surface area contributed by atoms with Gasteiger partial charge in [0.25, 0.3) is 0 Å². The fraction of sp³-hybridized carbons (Fsp3) is 0.750. The quantitative estimate of drug-likeness (QED) is 0.757. The third kappa shape index (κ3) is 2.40. The molecule has 1 aromatic rings. The van der Waals surface area contributed by atoms with Crippen molar-refractivity contribution in [2.45, 2.75) is 51.6 Å². The largest absolute Gasteiger partial charge is 0.330 e. The Kier molecular flexibility index (Phi) is 3.41. The Morgan fingerprint density at radius 3 is 3.07 bits per heavy atom. The minimum absolute atomic E-state index is 0.603. The number of nitrogens with two attached hydrogens (primary N) is 1. The second-order valence-electron chi connectivity index (χ2n) is 4.76. The fourth-order valence-corrected chi connectivity index (χ4v) is 2.56. The third-order valence-electron chi connectivity index (χ3n) is 3.58. The topological polar surface area (TPSA) is 43.8 Å². The van der Waals surface area contributed by atoms with E-state index in [0.717, 1.165) is 5.92 Å². The lowest BCUT2D eigenvalue weighted by molar-refractivity contribution is 0.422. The van der Waals surface area contributed by atoms with Crippen molar-refractivity contribution in [2.24, 2.45) is 11.7 Å². The van der Waals surface area contributed by atoms with Crippen molar-refractivity contribution < 1.29 is 0 Å². The number of rotatable bonds is 2. The van der Waals surface area contributed by atoms with Crippen molar-refractivity contribution in [3.05, 3.63) is 18.2 Å². The standard InChI is InChI=1S/C12H21N3/c1-10-3-2-4-11(6-5-10)15-9-14-8-12(15)7-13/h8-11H,2-7,13H2,1H3. The first-order valence-corrected chi connectivity index (χ1v) is 6.02. The van der Waals surface area contributed by atoms with Gasteiger partial charge >= 0.3 is 0 Å².